The number of nitrogens with one attached hydrogen (secondary N) is 1. The van der Waals surface area contributed by atoms with E-state index in [9.17, 15) is 4.79 Å². The van der Waals surface area contributed by atoms with Gasteiger partial charge in [-0.25, -0.2) is 0 Å². The van der Waals surface area contributed by atoms with Crippen molar-refractivity contribution in [2.75, 3.05) is 12.4 Å². The van der Waals surface area contributed by atoms with Gasteiger partial charge in [0.1, 0.15) is 0 Å². The van der Waals surface area contributed by atoms with Crippen LogP contribution in [0.2, 0.25) is 0 Å². The molecule has 3 nitrogen and oxygen atoms in total. The minimum atomic E-state index is -0.104. The molecule has 1 aliphatic carbocycles. The Hall–Kier alpha value is -0.220. The van der Waals surface area contributed by atoms with Gasteiger partial charge in [-0.15, -0.1) is 0 Å². The average Bonchev–Trinajstić information content (AvgIpc) is 2.75. The molecular formula is C10H16N2OS. The predicted octanol–water partition coefficient (Wildman–Crippen LogP) is 0.802. The summed E-state index contributed by atoms with van der Waals surface area (Å²) in [5.41, 5.74) is -0.104. The molecule has 3 fully saturated rings. The van der Waals surface area contributed by atoms with Crippen LogP contribution >= 0.6 is 11.8 Å². The van der Waals surface area contributed by atoms with E-state index >= 15 is 0 Å². The zero-order valence-corrected chi connectivity index (χ0v) is 9.27. The molecule has 2 saturated heterocycles. The maximum Gasteiger partial charge on any atom is 0.244 e. The highest BCUT2D eigenvalue weighted by molar-refractivity contribution is 8.00. The van der Waals surface area contributed by atoms with Gasteiger partial charge in [0.05, 0.1) is 12.2 Å². The number of hydrogen-bond donors (Lipinski definition) is 1. The summed E-state index contributed by atoms with van der Waals surface area (Å²) in [5, 5.41) is 3.99. The maximum absolute atomic E-state index is 12.1. The molecule has 3 aliphatic rings. The number of amides is 1. The van der Waals surface area contributed by atoms with Gasteiger partial charge in [0.2, 0.25) is 5.91 Å². The summed E-state index contributed by atoms with van der Waals surface area (Å²) in [6.45, 7) is 3.03. The number of carbonyl (C=O) groups excluding carboxylic acids is 1. The quantitative estimate of drug-likeness (QED) is 0.698. The fourth-order valence-electron chi connectivity index (χ4n) is 2.57. The van der Waals surface area contributed by atoms with Gasteiger partial charge in [0.15, 0.2) is 0 Å². The van der Waals surface area contributed by atoms with Crippen LogP contribution in [0.15, 0.2) is 0 Å². The second-order valence-electron chi connectivity index (χ2n) is 4.62. The normalized spacial score (nSPS) is 39.8. The van der Waals surface area contributed by atoms with Gasteiger partial charge >= 0.3 is 0 Å². The monoisotopic (exact) mass is 212 g/mol. The van der Waals surface area contributed by atoms with Crippen molar-refractivity contribution in [3.8, 4) is 0 Å². The van der Waals surface area contributed by atoms with Gasteiger partial charge in [-0.3, -0.25) is 10.1 Å². The predicted molar refractivity (Wildman–Crippen MR) is 57.1 cm³/mol. The lowest BCUT2D eigenvalue weighted by atomic mass is 10.1. The maximum atomic E-state index is 12.1. The lowest BCUT2D eigenvalue weighted by Gasteiger charge is -2.26. The smallest absolute Gasteiger partial charge is 0.244 e. The van der Waals surface area contributed by atoms with Gasteiger partial charge < -0.3 is 4.90 Å². The van der Waals surface area contributed by atoms with E-state index in [0.29, 0.717) is 17.2 Å². The third-order valence-corrected chi connectivity index (χ3v) is 5.06. The molecule has 0 bridgehead atoms. The Morgan fingerprint density at radius 2 is 2.36 bits per heavy atom. The first-order chi connectivity index (χ1) is 6.73. The second kappa shape index (κ2) is 2.89. The highest BCUT2D eigenvalue weighted by atomic mass is 32.2. The van der Waals surface area contributed by atoms with Crippen molar-refractivity contribution in [3.63, 3.8) is 0 Å². The molecule has 1 spiro atoms. The molecule has 3 rings (SSSR count). The van der Waals surface area contributed by atoms with Gasteiger partial charge in [-0.05, 0) is 25.0 Å². The number of nitrogens with zero attached hydrogens (tertiary/aromatic N) is 1. The number of thioether (sulfide) groups is 1. The summed E-state index contributed by atoms with van der Waals surface area (Å²) in [7, 11) is 0. The van der Waals surface area contributed by atoms with Crippen molar-refractivity contribution in [1.82, 2.24) is 10.2 Å². The van der Waals surface area contributed by atoms with E-state index in [0.717, 1.165) is 19.5 Å². The van der Waals surface area contributed by atoms with Crippen molar-refractivity contribution in [2.45, 2.75) is 43.0 Å². The van der Waals surface area contributed by atoms with Gasteiger partial charge in [0.25, 0.3) is 0 Å². The first-order valence-electron chi connectivity index (χ1n) is 5.41. The molecule has 1 amide bonds. The van der Waals surface area contributed by atoms with E-state index < -0.39 is 0 Å². The third kappa shape index (κ3) is 1.13. The standard InChI is InChI=1S/C10H16N2OS/c1-7-8(2-5-14-7)12-6-11-10(3-4-10)9(12)13/h7-8,11H,2-6H2,1H3. The molecule has 2 unspecified atom stereocenters. The molecule has 2 atom stereocenters. The molecule has 2 heterocycles. The number of hydrogen-bond acceptors (Lipinski definition) is 3. The summed E-state index contributed by atoms with van der Waals surface area (Å²) >= 11 is 1.99. The molecule has 14 heavy (non-hydrogen) atoms. The first kappa shape index (κ1) is 9.04. The molecule has 1 saturated carbocycles. The van der Waals surface area contributed by atoms with Crippen LogP contribution in [-0.4, -0.2) is 40.1 Å². The SMILES string of the molecule is CC1SCCC1N1CNC2(CC2)C1=O. The zero-order chi connectivity index (χ0) is 9.76. The third-order valence-electron chi connectivity index (χ3n) is 3.74. The zero-order valence-electron chi connectivity index (χ0n) is 8.45. The molecule has 0 aromatic heterocycles. The largest absolute Gasteiger partial charge is 0.324 e. The summed E-state index contributed by atoms with van der Waals surface area (Å²) in [6, 6.07) is 0.486. The van der Waals surface area contributed by atoms with Gasteiger partial charge in [-0.2, -0.15) is 11.8 Å². The summed E-state index contributed by atoms with van der Waals surface area (Å²) < 4.78 is 0. The van der Waals surface area contributed by atoms with Crippen LogP contribution < -0.4 is 5.32 Å². The van der Waals surface area contributed by atoms with E-state index in [2.05, 4.69) is 17.1 Å². The molecular weight excluding hydrogens is 196 g/mol. The number of rotatable bonds is 1. The highest BCUT2D eigenvalue weighted by Crippen LogP contribution is 2.42. The molecule has 1 N–H and O–H groups in total. The fourth-order valence-corrected chi connectivity index (χ4v) is 3.83. The minimum absolute atomic E-state index is 0.104. The van der Waals surface area contributed by atoms with Gasteiger partial charge in [0, 0.05) is 11.3 Å². The van der Waals surface area contributed by atoms with Crippen LogP contribution in [0.5, 0.6) is 0 Å². The molecule has 0 aromatic rings. The van der Waals surface area contributed by atoms with Crippen LogP contribution in [0.4, 0.5) is 0 Å². The Kier molecular flexibility index (Phi) is 1.86. The van der Waals surface area contributed by atoms with Crippen LogP contribution in [-0.2, 0) is 4.79 Å². The fraction of sp³-hybridized carbons (Fsp3) is 0.900. The van der Waals surface area contributed by atoms with Crippen molar-refractivity contribution in [1.29, 1.82) is 0 Å². The molecule has 4 heteroatoms. The topological polar surface area (TPSA) is 32.3 Å². The van der Waals surface area contributed by atoms with Crippen molar-refractivity contribution in [2.24, 2.45) is 0 Å². The van der Waals surface area contributed by atoms with Crippen molar-refractivity contribution >= 4 is 17.7 Å². The summed E-state index contributed by atoms with van der Waals surface area (Å²) in [4.78, 5) is 14.2. The van der Waals surface area contributed by atoms with E-state index in [1.165, 1.54) is 12.2 Å². The Bertz CT molecular complexity index is 277. The van der Waals surface area contributed by atoms with Crippen LogP contribution in [0.25, 0.3) is 0 Å². The van der Waals surface area contributed by atoms with Crippen LogP contribution in [0.3, 0.4) is 0 Å². The Labute approximate surface area is 88.6 Å². The Balaban J connectivity index is 1.77. The lowest BCUT2D eigenvalue weighted by Crippen LogP contribution is -2.42. The van der Waals surface area contributed by atoms with Gasteiger partial charge in [-0.1, -0.05) is 6.92 Å². The first-order valence-corrected chi connectivity index (χ1v) is 6.45. The lowest BCUT2D eigenvalue weighted by molar-refractivity contribution is -0.131. The second-order valence-corrected chi connectivity index (χ2v) is 6.11. The summed E-state index contributed by atoms with van der Waals surface area (Å²) in [6.07, 6.45) is 3.28. The van der Waals surface area contributed by atoms with Crippen molar-refractivity contribution in [3.05, 3.63) is 0 Å². The van der Waals surface area contributed by atoms with Crippen LogP contribution in [0.1, 0.15) is 26.2 Å². The summed E-state index contributed by atoms with van der Waals surface area (Å²) in [5.74, 6) is 1.58. The van der Waals surface area contributed by atoms with E-state index in [1.807, 2.05) is 11.8 Å². The van der Waals surface area contributed by atoms with Crippen LogP contribution in [0, 0.1) is 0 Å². The van der Waals surface area contributed by atoms with E-state index in [-0.39, 0.29) is 5.54 Å². The minimum Gasteiger partial charge on any atom is -0.324 e. The van der Waals surface area contributed by atoms with E-state index in [1.54, 1.807) is 0 Å². The average molecular weight is 212 g/mol. The Morgan fingerprint density at radius 1 is 1.57 bits per heavy atom. The van der Waals surface area contributed by atoms with Crippen molar-refractivity contribution < 1.29 is 4.79 Å². The number of carbonyl (C=O) groups is 1. The van der Waals surface area contributed by atoms with E-state index in [4.69, 9.17) is 0 Å². The molecule has 0 aromatic carbocycles. The Morgan fingerprint density at radius 3 is 2.86 bits per heavy atom. The molecule has 78 valence electrons. The molecule has 0 radical (unpaired) electrons. The highest BCUT2D eigenvalue weighted by Gasteiger charge is 2.57. The molecule has 2 aliphatic heterocycles.